The molecule has 0 saturated heterocycles. The van der Waals surface area contributed by atoms with E-state index in [4.69, 9.17) is 0 Å². The maximum absolute atomic E-state index is 12.1. The van der Waals surface area contributed by atoms with Gasteiger partial charge in [-0.3, -0.25) is 9.59 Å². The maximum Gasteiger partial charge on any atom is 0.270 e. The summed E-state index contributed by atoms with van der Waals surface area (Å²) in [4.78, 5) is 31.7. The first kappa shape index (κ1) is 17.4. The van der Waals surface area contributed by atoms with Crippen LogP contribution in [-0.4, -0.2) is 28.3 Å². The molecule has 2 amide bonds. The largest absolute Gasteiger partial charge is 0.351 e. The van der Waals surface area contributed by atoms with Gasteiger partial charge < -0.3 is 16.0 Å². The lowest BCUT2D eigenvalue weighted by Gasteiger charge is -2.10. The van der Waals surface area contributed by atoms with Gasteiger partial charge in [-0.05, 0) is 37.6 Å². The second-order valence-corrected chi connectivity index (χ2v) is 5.36. The number of nitrogens with one attached hydrogen (secondary N) is 3. The highest BCUT2D eigenvalue weighted by Crippen LogP contribution is 2.18. The highest BCUT2D eigenvalue weighted by molar-refractivity contribution is 5.92. The molecule has 0 aliphatic heterocycles. The molecular weight excluding hydrogens is 306 g/mol. The molecule has 24 heavy (non-hydrogen) atoms. The minimum atomic E-state index is -0.225. The van der Waals surface area contributed by atoms with Crippen LogP contribution < -0.4 is 16.0 Å². The van der Waals surface area contributed by atoms with Crippen LogP contribution in [0.15, 0.2) is 30.3 Å². The Morgan fingerprint density at radius 2 is 1.88 bits per heavy atom. The summed E-state index contributed by atoms with van der Waals surface area (Å²) in [6.45, 7) is 5.84. The van der Waals surface area contributed by atoms with Gasteiger partial charge in [0.25, 0.3) is 5.91 Å². The number of hydrogen-bond donors (Lipinski definition) is 3. The molecule has 7 nitrogen and oxygen atoms in total. The number of amides is 2. The Morgan fingerprint density at radius 1 is 1.12 bits per heavy atom. The van der Waals surface area contributed by atoms with Crippen molar-refractivity contribution in [2.75, 3.05) is 17.2 Å². The van der Waals surface area contributed by atoms with E-state index in [-0.39, 0.29) is 11.8 Å². The zero-order valence-corrected chi connectivity index (χ0v) is 14.0. The number of benzene rings is 1. The van der Waals surface area contributed by atoms with Crippen LogP contribution in [0.25, 0.3) is 0 Å². The summed E-state index contributed by atoms with van der Waals surface area (Å²) in [5.74, 6) is -0.0390. The van der Waals surface area contributed by atoms with E-state index in [2.05, 4.69) is 25.9 Å². The minimum Gasteiger partial charge on any atom is -0.351 e. The highest BCUT2D eigenvalue weighted by atomic mass is 16.2. The number of aryl methyl sites for hydroxylation is 1. The second kappa shape index (κ2) is 8.05. The van der Waals surface area contributed by atoms with Crippen LogP contribution in [0, 0.1) is 6.92 Å². The third-order valence-corrected chi connectivity index (χ3v) is 3.06. The van der Waals surface area contributed by atoms with E-state index in [1.165, 1.54) is 6.92 Å². The van der Waals surface area contributed by atoms with E-state index >= 15 is 0 Å². The molecule has 0 radical (unpaired) electrons. The van der Waals surface area contributed by atoms with E-state index in [0.29, 0.717) is 35.3 Å². The molecule has 0 spiro atoms. The number of aromatic nitrogens is 2. The van der Waals surface area contributed by atoms with Crippen LogP contribution in [0.1, 0.15) is 36.5 Å². The van der Waals surface area contributed by atoms with Crippen molar-refractivity contribution in [3.63, 3.8) is 0 Å². The zero-order valence-electron chi connectivity index (χ0n) is 14.0. The van der Waals surface area contributed by atoms with Gasteiger partial charge in [0.15, 0.2) is 0 Å². The van der Waals surface area contributed by atoms with Crippen molar-refractivity contribution in [3.8, 4) is 0 Å². The molecule has 0 bridgehead atoms. The van der Waals surface area contributed by atoms with E-state index in [0.717, 1.165) is 6.42 Å². The fraction of sp³-hybridized carbons (Fsp3) is 0.294. The van der Waals surface area contributed by atoms with Gasteiger partial charge in [-0.1, -0.05) is 13.0 Å². The highest BCUT2D eigenvalue weighted by Gasteiger charge is 2.10. The number of anilines is 3. The Morgan fingerprint density at radius 3 is 2.58 bits per heavy atom. The van der Waals surface area contributed by atoms with Crippen LogP contribution in [0.3, 0.4) is 0 Å². The first-order valence-electron chi connectivity index (χ1n) is 7.76. The first-order chi connectivity index (χ1) is 11.5. The summed E-state index contributed by atoms with van der Waals surface area (Å²) < 4.78 is 0. The van der Waals surface area contributed by atoms with Gasteiger partial charge in [0.05, 0.1) is 0 Å². The Kier molecular flexibility index (Phi) is 5.83. The molecule has 2 rings (SSSR count). The summed E-state index contributed by atoms with van der Waals surface area (Å²) in [5.41, 5.74) is 2.39. The summed E-state index contributed by atoms with van der Waals surface area (Å²) in [7, 11) is 0. The molecule has 126 valence electrons. The van der Waals surface area contributed by atoms with E-state index < -0.39 is 0 Å². The van der Waals surface area contributed by atoms with Crippen molar-refractivity contribution in [2.45, 2.75) is 27.2 Å². The summed E-state index contributed by atoms with van der Waals surface area (Å²) in [6, 6.07) is 8.83. The molecule has 1 aromatic heterocycles. The Hall–Kier alpha value is -2.96. The SMILES string of the molecule is CCCNC(=O)c1cc(C)nc(Nc2cccc(NC(C)=O)c2)n1. The summed E-state index contributed by atoms with van der Waals surface area (Å²) in [6.07, 6.45) is 0.858. The normalized spacial score (nSPS) is 10.1. The number of nitrogens with zero attached hydrogens (tertiary/aromatic N) is 2. The van der Waals surface area contributed by atoms with Gasteiger partial charge in [-0.2, -0.15) is 0 Å². The number of carbonyl (C=O) groups is 2. The van der Waals surface area contributed by atoms with Gasteiger partial charge in [-0.15, -0.1) is 0 Å². The fourth-order valence-corrected chi connectivity index (χ4v) is 2.08. The summed E-state index contributed by atoms with van der Waals surface area (Å²) >= 11 is 0. The third kappa shape index (κ3) is 5.05. The van der Waals surface area contributed by atoms with E-state index in [1.807, 2.05) is 13.0 Å². The van der Waals surface area contributed by atoms with Crippen LogP contribution in [-0.2, 0) is 4.79 Å². The second-order valence-electron chi connectivity index (χ2n) is 5.36. The predicted octanol–water partition coefficient (Wildman–Crippen LogP) is 2.63. The monoisotopic (exact) mass is 327 g/mol. The quantitative estimate of drug-likeness (QED) is 0.758. The smallest absolute Gasteiger partial charge is 0.270 e. The van der Waals surface area contributed by atoms with Crippen molar-refractivity contribution in [2.24, 2.45) is 0 Å². The molecule has 3 N–H and O–H groups in total. The molecule has 0 atom stereocenters. The van der Waals surface area contributed by atoms with E-state index in [1.54, 1.807) is 31.2 Å². The number of rotatable bonds is 6. The Balaban J connectivity index is 2.19. The fourth-order valence-electron chi connectivity index (χ4n) is 2.08. The van der Waals surface area contributed by atoms with Crippen LogP contribution in [0.2, 0.25) is 0 Å². The van der Waals surface area contributed by atoms with Gasteiger partial charge in [0, 0.05) is 30.5 Å². The molecule has 0 unspecified atom stereocenters. The van der Waals surface area contributed by atoms with Crippen molar-refractivity contribution in [1.82, 2.24) is 15.3 Å². The van der Waals surface area contributed by atoms with Crippen molar-refractivity contribution < 1.29 is 9.59 Å². The Labute approximate surface area is 140 Å². The average molecular weight is 327 g/mol. The molecule has 1 heterocycles. The number of carbonyl (C=O) groups excluding carboxylic acids is 2. The topological polar surface area (TPSA) is 96.0 Å². The molecule has 0 fully saturated rings. The molecule has 0 aliphatic rings. The predicted molar refractivity (Wildman–Crippen MR) is 93.4 cm³/mol. The van der Waals surface area contributed by atoms with Gasteiger partial charge in [0.1, 0.15) is 5.69 Å². The van der Waals surface area contributed by atoms with Gasteiger partial charge in [-0.25, -0.2) is 9.97 Å². The van der Waals surface area contributed by atoms with Gasteiger partial charge in [0.2, 0.25) is 11.9 Å². The third-order valence-electron chi connectivity index (χ3n) is 3.06. The molecular formula is C17H21N5O2. The molecule has 0 saturated carbocycles. The van der Waals surface area contributed by atoms with Crippen molar-refractivity contribution in [1.29, 1.82) is 0 Å². The molecule has 7 heteroatoms. The van der Waals surface area contributed by atoms with Crippen LogP contribution in [0.4, 0.5) is 17.3 Å². The van der Waals surface area contributed by atoms with Crippen LogP contribution in [0.5, 0.6) is 0 Å². The standard InChI is InChI=1S/C17H21N5O2/c1-4-8-18-16(24)15-9-11(2)19-17(22-15)21-14-7-5-6-13(10-14)20-12(3)23/h5-7,9-10H,4,8H2,1-3H3,(H,18,24)(H,20,23)(H,19,21,22). The lowest BCUT2D eigenvalue weighted by Crippen LogP contribution is -2.25. The van der Waals surface area contributed by atoms with E-state index in [9.17, 15) is 9.59 Å². The average Bonchev–Trinajstić information content (AvgIpc) is 2.51. The lowest BCUT2D eigenvalue weighted by atomic mass is 10.2. The maximum atomic E-state index is 12.1. The van der Waals surface area contributed by atoms with Crippen molar-refractivity contribution >= 4 is 29.1 Å². The lowest BCUT2D eigenvalue weighted by molar-refractivity contribution is -0.114. The summed E-state index contributed by atoms with van der Waals surface area (Å²) in [5, 5.41) is 8.56. The van der Waals surface area contributed by atoms with Crippen LogP contribution >= 0.6 is 0 Å². The Bertz CT molecular complexity index is 746. The zero-order chi connectivity index (χ0) is 17.5. The molecule has 2 aromatic rings. The van der Waals surface area contributed by atoms with Gasteiger partial charge >= 0.3 is 0 Å². The van der Waals surface area contributed by atoms with Crippen molar-refractivity contribution in [3.05, 3.63) is 41.7 Å². The first-order valence-corrected chi connectivity index (χ1v) is 7.76. The molecule has 1 aromatic carbocycles. The minimum absolute atomic E-state index is 0.145. The number of hydrogen-bond acceptors (Lipinski definition) is 5. The molecule has 0 aliphatic carbocycles.